The fraction of sp³-hybridized carbons (Fsp3) is 0.333. The van der Waals surface area contributed by atoms with E-state index in [2.05, 4.69) is 443 Å². The van der Waals surface area contributed by atoms with Crippen LogP contribution < -0.4 is 66.5 Å². The predicted octanol–water partition coefficient (Wildman–Crippen LogP) is 31.0. The molecule has 0 aromatic heterocycles. The number of hydrogen-bond donors (Lipinski definition) is 1. The molecule has 115 heavy (non-hydrogen) atoms. The molecule has 0 saturated heterocycles. The van der Waals surface area contributed by atoms with E-state index in [4.69, 9.17) is 34.8 Å². The van der Waals surface area contributed by atoms with Gasteiger partial charge in [-0.3, -0.25) is 0 Å². The van der Waals surface area contributed by atoms with E-state index in [-0.39, 0.29) is 104 Å². The number of nitrogens with zero attached hydrogens (tertiary/aromatic N) is 2. The third-order valence-electron chi connectivity index (χ3n) is 21.5. The van der Waals surface area contributed by atoms with E-state index in [0.717, 1.165) is 79.7 Å². The molecule has 598 valence electrons. The summed E-state index contributed by atoms with van der Waals surface area (Å²) in [5.74, 6) is 0. The van der Waals surface area contributed by atoms with E-state index in [9.17, 15) is 0 Å². The second kappa shape index (κ2) is 37.2. The molecule has 0 spiro atoms. The van der Waals surface area contributed by atoms with Crippen molar-refractivity contribution >= 4 is 80.3 Å². The van der Waals surface area contributed by atoms with Gasteiger partial charge in [0.25, 0.3) is 0 Å². The Balaban J connectivity index is 0.000000261. The van der Waals surface area contributed by atoms with Crippen LogP contribution in [0, 0.1) is 13.8 Å². The van der Waals surface area contributed by atoms with Gasteiger partial charge in [-0.05, 0) is 238 Å². The monoisotopic (exact) mass is 1610 g/mol. The Morgan fingerprint density at radius 1 is 0.278 bits per heavy atom. The molecule has 0 aliphatic heterocycles. The van der Waals surface area contributed by atoms with Crippen molar-refractivity contribution in [1.82, 2.24) is 0 Å². The summed E-state index contributed by atoms with van der Waals surface area (Å²) in [6.45, 7) is 58.4. The Labute approximate surface area is 754 Å². The standard InChI is InChI=1S/C53H61ClN2.C27H31Cl2N.C27H32.CH4.K.H/c1-35-31-46(55-45-29-25-40(52(8,9)10)33-43(45)37-19-21-38(22-20-37)50(2,3)4)49(54)48(32-35)56(42-27-23-39(24-28-42)51(5,6)7)47-30-26-41(53(11,12)13)34-44(47)36-17-15-14-16-18-36;1-18-16-23(28)25(29)24(17-18)30(21-12-8-19(9-13-21)26(2,3)4)22-14-10-20(11-15-22)27(5,6)7;1-26(2,3)23-15-12-20(13-16-23)18-22-14-17-24(27(4,5)6)19-25(22)21-10-8-7-9-11-21;;;/h14-34,55H,1-13H3;8-17H,1-7H3;7-17,19H,18H2,1-6H3;1H4;;/q;;;;+1;-1. The van der Waals surface area contributed by atoms with Gasteiger partial charge in [0.05, 0.1) is 37.8 Å². The van der Waals surface area contributed by atoms with Crippen LogP contribution in [-0.2, 0) is 49.7 Å². The van der Waals surface area contributed by atoms with Gasteiger partial charge in [-0.2, -0.15) is 0 Å². The van der Waals surface area contributed by atoms with Crippen LogP contribution in [0.15, 0.2) is 261 Å². The van der Waals surface area contributed by atoms with Crippen molar-refractivity contribution in [2.75, 3.05) is 15.1 Å². The molecule has 0 saturated carbocycles. The van der Waals surface area contributed by atoms with E-state index < -0.39 is 0 Å². The van der Waals surface area contributed by atoms with Crippen LogP contribution >= 0.6 is 34.8 Å². The first-order chi connectivity index (χ1) is 52.6. The second-order valence-electron chi connectivity index (χ2n) is 39.2. The molecule has 7 heteroatoms. The van der Waals surface area contributed by atoms with Gasteiger partial charge in [-0.15, -0.1) is 0 Å². The predicted molar refractivity (Wildman–Crippen MR) is 506 cm³/mol. The van der Waals surface area contributed by atoms with Crippen molar-refractivity contribution in [3.63, 3.8) is 0 Å². The Morgan fingerprint density at radius 2 is 0.591 bits per heavy atom. The molecule has 0 radical (unpaired) electrons. The van der Waals surface area contributed by atoms with Crippen molar-refractivity contribution in [3.05, 3.63) is 343 Å². The van der Waals surface area contributed by atoms with Crippen LogP contribution in [0.4, 0.5) is 45.5 Å². The van der Waals surface area contributed by atoms with Crippen LogP contribution in [-0.4, -0.2) is 0 Å². The molecule has 0 atom stereocenters. The maximum Gasteiger partial charge on any atom is 1.00 e. The largest absolute Gasteiger partial charge is 1.00 e. The first-order valence-electron chi connectivity index (χ1n) is 40.3. The van der Waals surface area contributed by atoms with Gasteiger partial charge in [0, 0.05) is 33.9 Å². The van der Waals surface area contributed by atoms with Crippen molar-refractivity contribution in [2.45, 2.75) is 237 Å². The molecule has 3 nitrogen and oxygen atoms in total. The number of benzene rings is 12. The van der Waals surface area contributed by atoms with E-state index in [1.807, 2.05) is 13.0 Å². The normalized spacial score (nSPS) is 12.1. The topological polar surface area (TPSA) is 18.5 Å². The van der Waals surface area contributed by atoms with Gasteiger partial charge in [0.1, 0.15) is 0 Å². The van der Waals surface area contributed by atoms with Crippen molar-refractivity contribution in [3.8, 4) is 33.4 Å². The average Bonchev–Trinajstić information content (AvgIpc) is 0.752. The molecule has 12 rings (SSSR count). The minimum atomic E-state index is -0.0212. The summed E-state index contributed by atoms with van der Waals surface area (Å²) in [6.07, 6.45) is 0.957. The quantitative estimate of drug-likeness (QED) is 0.116. The average molecular weight is 1610 g/mol. The molecule has 0 heterocycles. The molecule has 0 bridgehead atoms. The van der Waals surface area contributed by atoms with E-state index in [1.165, 1.54) is 72.3 Å². The Kier molecular flexibility index (Phi) is 30.1. The van der Waals surface area contributed by atoms with Crippen LogP contribution in [0.2, 0.25) is 15.1 Å². The zero-order chi connectivity index (χ0) is 82.7. The number of aryl methyl sites for hydroxylation is 2. The molecular formula is C108H129Cl3KN3. The van der Waals surface area contributed by atoms with Gasteiger partial charge in [0.15, 0.2) is 0 Å². The van der Waals surface area contributed by atoms with Gasteiger partial charge < -0.3 is 16.5 Å². The first kappa shape index (κ1) is 93.0. The summed E-state index contributed by atoms with van der Waals surface area (Å²) in [6, 6.07) is 95.1. The molecule has 0 amide bonds. The third-order valence-corrected chi connectivity index (χ3v) is 22.7. The third kappa shape index (κ3) is 23.7. The summed E-state index contributed by atoms with van der Waals surface area (Å²) in [5, 5.41) is 5.63. The number of nitrogens with one attached hydrogen (secondary N) is 1. The minimum Gasteiger partial charge on any atom is -1.00 e. The Hall–Kier alpha value is -7.45. The number of hydrogen-bond acceptors (Lipinski definition) is 3. The minimum absolute atomic E-state index is 0. The second-order valence-corrected chi connectivity index (χ2v) is 40.4. The SMILES string of the molecule is C.CC(C)(C)c1ccc(Cc2ccc(C(C)(C)C)cc2-c2ccccc2)cc1.Cc1cc(Cl)c(Cl)c(N(c2ccc(C(C)(C)C)cc2)c2ccc(C(C)(C)C)cc2)c1.Cc1cc(Nc2ccc(C(C)(C)C)cc2-c2ccc(C(C)(C)C)cc2)c(Cl)c(N(c2ccc(C(C)(C)C)cc2)c2ccc(C(C)(C)C)cc2-c2ccccc2)c1.[H-].[K+]. The van der Waals surface area contributed by atoms with Gasteiger partial charge in [-0.1, -0.05) is 384 Å². The molecule has 0 fully saturated rings. The number of halogens is 3. The van der Waals surface area contributed by atoms with Crippen molar-refractivity contribution < 1.29 is 52.8 Å². The summed E-state index contributed by atoms with van der Waals surface area (Å²) in [5.41, 5.74) is 31.2. The maximum atomic E-state index is 7.70. The molecule has 1 N–H and O–H groups in total. The van der Waals surface area contributed by atoms with E-state index in [0.29, 0.717) is 15.1 Å². The van der Waals surface area contributed by atoms with Crippen molar-refractivity contribution in [2.24, 2.45) is 0 Å². The summed E-state index contributed by atoms with van der Waals surface area (Å²) < 4.78 is 0. The zero-order valence-electron chi connectivity index (χ0n) is 74.6. The van der Waals surface area contributed by atoms with Crippen LogP contribution in [0.5, 0.6) is 0 Å². The number of anilines is 8. The fourth-order valence-electron chi connectivity index (χ4n) is 14.2. The first-order valence-corrected chi connectivity index (χ1v) is 41.5. The molecule has 12 aromatic rings. The maximum absolute atomic E-state index is 7.70. The Bertz CT molecular complexity index is 5170. The molecule has 0 unspecified atom stereocenters. The van der Waals surface area contributed by atoms with E-state index in [1.54, 1.807) is 0 Å². The van der Waals surface area contributed by atoms with Crippen LogP contribution in [0.1, 0.15) is 242 Å². The number of rotatable bonds is 13. The molecule has 0 aliphatic carbocycles. The van der Waals surface area contributed by atoms with Gasteiger partial charge in [0.2, 0.25) is 0 Å². The zero-order valence-corrected chi connectivity index (χ0v) is 79.0. The van der Waals surface area contributed by atoms with Crippen LogP contribution in [0.25, 0.3) is 33.4 Å². The van der Waals surface area contributed by atoms with Gasteiger partial charge >= 0.3 is 51.4 Å². The van der Waals surface area contributed by atoms with Crippen LogP contribution in [0.3, 0.4) is 0 Å². The smallest absolute Gasteiger partial charge is 1.00 e. The molecule has 0 aliphatic rings. The fourth-order valence-corrected chi connectivity index (χ4v) is 14.9. The summed E-state index contributed by atoms with van der Waals surface area (Å²) >= 11 is 20.8. The van der Waals surface area contributed by atoms with E-state index >= 15 is 0 Å². The molecular weight excluding hydrogens is 1480 g/mol. The Morgan fingerprint density at radius 3 is 1.00 bits per heavy atom. The summed E-state index contributed by atoms with van der Waals surface area (Å²) in [7, 11) is 0. The van der Waals surface area contributed by atoms with Crippen molar-refractivity contribution in [1.29, 1.82) is 0 Å². The van der Waals surface area contributed by atoms with Gasteiger partial charge in [-0.25, -0.2) is 0 Å². The molecule has 12 aromatic carbocycles. The summed E-state index contributed by atoms with van der Waals surface area (Å²) in [4.78, 5) is 4.52.